The fourth-order valence-electron chi connectivity index (χ4n) is 8.29. The van der Waals surface area contributed by atoms with Crippen LogP contribution in [0.2, 0.25) is 0 Å². The highest BCUT2D eigenvalue weighted by atomic mass is 32.2. The van der Waals surface area contributed by atoms with Gasteiger partial charge in [0.15, 0.2) is 11.6 Å². The van der Waals surface area contributed by atoms with Gasteiger partial charge in [-0.2, -0.15) is 8.61 Å². The maximum Gasteiger partial charge on any atom is 0.328 e. The zero-order chi connectivity index (χ0) is 55.6. The number of ketones is 2. The molecule has 25 heteroatoms. The molecular formula is C51H61N9O14S2. The average Bonchev–Trinajstić information content (AvgIpc) is 4.13. The lowest BCUT2D eigenvalue weighted by atomic mass is 10.1. The van der Waals surface area contributed by atoms with Crippen molar-refractivity contribution >= 4 is 78.7 Å². The first kappa shape index (κ1) is 59.0. The van der Waals surface area contributed by atoms with E-state index in [0.29, 0.717) is 36.1 Å². The molecule has 2 saturated heterocycles. The number of aliphatic carboxylic acids is 1. The van der Waals surface area contributed by atoms with Crippen LogP contribution in [-0.4, -0.2) is 141 Å². The SMILES string of the molecule is COC(=O)[C@H](CCC(=O)CNC(=O)c1cccc(N)c1)NC(=O)[C@@H]1CCCN1S(=O)(=O)c1ccccc1.N=C(N)Cc1cccc(C(=O)NCC(=O)CC[C@H](NC(=O)[C@@H]2CCCN2S(=O)(=O)c2ccccc2)C(=O)O)c1. The molecule has 0 saturated carbocycles. The Morgan fingerprint density at radius 3 is 1.55 bits per heavy atom. The maximum absolute atomic E-state index is 13.1. The molecule has 76 heavy (non-hydrogen) atoms. The average molecular weight is 1090 g/mol. The minimum absolute atomic E-state index is 0.0395. The van der Waals surface area contributed by atoms with Crippen molar-refractivity contribution in [3.63, 3.8) is 0 Å². The minimum atomic E-state index is -3.95. The predicted octanol–water partition coefficient (Wildman–Crippen LogP) is 1.53. The highest BCUT2D eigenvalue weighted by Crippen LogP contribution is 2.28. The lowest BCUT2D eigenvalue weighted by Crippen LogP contribution is -2.51. The summed E-state index contributed by atoms with van der Waals surface area (Å²) < 4.78 is 59.1. The van der Waals surface area contributed by atoms with Gasteiger partial charge in [0, 0.05) is 49.2 Å². The molecule has 4 atom stereocenters. The van der Waals surface area contributed by atoms with Crippen molar-refractivity contribution in [2.75, 3.05) is 39.0 Å². The number of amidine groups is 1. The van der Waals surface area contributed by atoms with Crippen LogP contribution >= 0.6 is 0 Å². The number of carboxylic acid groups (broad SMARTS) is 1. The molecule has 0 bridgehead atoms. The Bertz CT molecular complexity index is 3000. The number of benzene rings is 4. The Hall–Kier alpha value is -7.87. The molecule has 2 heterocycles. The first-order valence-corrected chi connectivity index (χ1v) is 26.9. The van der Waals surface area contributed by atoms with Gasteiger partial charge in [0.2, 0.25) is 31.9 Å². The summed E-state index contributed by atoms with van der Waals surface area (Å²) in [7, 11) is -6.71. The Kier molecular flexibility index (Phi) is 21.4. The summed E-state index contributed by atoms with van der Waals surface area (Å²) in [6.07, 6.45) is 0.955. The molecule has 406 valence electrons. The van der Waals surface area contributed by atoms with Gasteiger partial charge < -0.3 is 42.6 Å². The number of methoxy groups -OCH3 is 1. The Labute approximate surface area is 439 Å². The number of anilines is 1. The molecule has 23 nitrogen and oxygen atoms in total. The summed E-state index contributed by atoms with van der Waals surface area (Å²) in [4.78, 5) is 99.4. The van der Waals surface area contributed by atoms with E-state index in [4.69, 9.17) is 21.6 Å². The lowest BCUT2D eigenvalue weighted by molar-refractivity contribution is -0.145. The number of Topliss-reactive ketones (excluding diaryl/α,β-unsaturated/α-hetero) is 2. The lowest BCUT2D eigenvalue weighted by Gasteiger charge is -2.25. The monoisotopic (exact) mass is 1090 g/mol. The van der Waals surface area contributed by atoms with E-state index in [0.717, 1.165) is 15.7 Å². The van der Waals surface area contributed by atoms with Gasteiger partial charge in [0.25, 0.3) is 11.8 Å². The molecule has 2 aliphatic rings. The van der Waals surface area contributed by atoms with Crippen molar-refractivity contribution in [2.24, 2.45) is 5.73 Å². The molecule has 0 unspecified atom stereocenters. The standard InChI is InChI=1S/C26H31N5O7S.C25H30N4O7S/c27-23(28)15-17-6-4-7-18(14-17)24(33)29-16-19(32)11-12-21(26(35)36)30-25(34)22-10-5-13-31(22)39(37,38)20-8-2-1-3-9-20;1-36-25(33)21(13-12-19(30)16-27-23(31)17-7-5-8-18(26)15-17)28-24(32)22-11-6-14-29(22)37(34,35)20-9-3-2-4-10-20/h1-4,6-9,14,21-22H,5,10-13,15-16H2,(H3,27,28)(H,29,33)(H,30,34)(H,35,36);2-5,7-10,15,21-22H,6,11-14,16,26H2,1H3,(H,27,31)(H,28,32)/t2*21-,22-/m00/s1. The number of rotatable bonds is 24. The number of ether oxygens (including phenoxy) is 1. The van der Waals surface area contributed by atoms with Crippen LogP contribution in [-0.2, 0) is 60.0 Å². The Morgan fingerprint density at radius 2 is 1.11 bits per heavy atom. The number of amides is 4. The number of hydrogen-bond donors (Lipinski definition) is 8. The number of carboxylic acids is 1. The number of sulfonamides is 2. The number of nitrogen functional groups attached to an aromatic ring is 1. The van der Waals surface area contributed by atoms with Gasteiger partial charge in [-0.15, -0.1) is 0 Å². The second kappa shape index (κ2) is 27.6. The first-order valence-electron chi connectivity index (χ1n) is 24.0. The van der Waals surface area contributed by atoms with E-state index in [-0.39, 0.29) is 91.7 Å². The van der Waals surface area contributed by atoms with E-state index < -0.39 is 85.6 Å². The number of carbonyl (C=O) groups is 8. The van der Waals surface area contributed by atoms with Crippen LogP contribution in [0.15, 0.2) is 119 Å². The molecule has 4 amide bonds. The molecular weight excluding hydrogens is 1030 g/mol. The Balaban J connectivity index is 0.000000281. The summed E-state index contributed by atoms with van der Waals surface area (Å²) in [5, 5.41) is 26.8. The van der Waals surface area contributed by atoms with Crippen molar-refractivity contribution in [1.29, 1.82) is 5.41 Å². The van der Waals surface area contributed by atoms with Gasteiger partial charge >= 0.3 is 11.9 Å². The number of nitrogens with zero attached hydrogens (tertiary/aromatic N) is 2. The van der Waals surface area contributed by atoms with Gasteiger partial charge in [-0.05, 0) is 98.7 Å². The number of hydrogen-bond acceptors (Lipinski definition) is 15. The molecule has 0 aliphatic carbocycles. The summed E-state index contributed by atoms with van der Waals surface area (Å²) in [5.41, 5.74) is 12.7. The number of nitrogens with two attached hydrogens (primary N) is 2. The second-order valence-electron chi connectivity index (χ2n) is 17.7. The van der Waals surface area contributed by atoms with Gasteiger partial charge in [0.1, 0.15) is 24.2 Å². The second-order valence-corrected chi connectivity index (χ2v) is 21.5. The van der Waals surface area contributed by atoms with Crippen LogP contribution in [0.3, 0.4) is 0 Å². The number of carbonyl (C=O) groups excluding carboxylic acids is 7. The highest BCUT2D eigenvalue weighted by molar-refractivity contribution is 7.89. The van der Waals surface area contributed by atoms with Crippen molar-refractivity contribution in [1.82, 2.24) is 29.9 Å². The van der Waals surface area contributed by atoms with Crippen LogP contribution in [0.5, 0.6) is 0 Å². The van der Waals surface area contributed by atoms with E-state index in [2.05, 4.69) is 21.3 Å². The van der Waals surface area contributed by atoms with E-state index >= 15 is 0 Å². The van der Waals surface area contributed by atoms with Crippen LogP contribution in [0.25, 0.3) is 0 Å². The van der Waals surface area contributed by atoms with Crippen LogP contribution in [0, 0.1) is 5.41 Å². The normalized spacial score (nSPS) is 16.4. The molecule has 4 aromatic carbocycles. The van der Waals surface area contributed by atoms with E-state index in [1.54, 1.807) is 78.9 Å². The van der Waals surface area contributed by atoms with Crippen molar-refractivity contribution < 1.29 is 65.0 Å². The highest BCUT2D eigenvalue weighted by Gasteiger charge is 2.42. The smallest absolute Gasteiger partial charge is 0.328 e. The topological polar surface area (TPSA) is 365 Å². The maximum atomic E-state index is 13.1. The van der Waals surface area contributed by atoms with E-state index in [1.165, 1.54) is 30.3 Å². The molecule has 0 spiro atoms. The quantitative estimate of drug-likeness (QED) is 0.0213. The predicted molar refractivity (Wildman–Crippen MR) is 276 cm³/mol. The third-order valence-corrected chi connectivity index (χ3v) is 16.0. The zero-order valence-electron chi connectivity index (χ0n) is 41.5. The fraction of sp³-hybridized carbons (Fsp3) is 0.353. The third kappa shape index (κ3) is 16.6. The van der Waals surface area contributed by atoms with Gasteiger partial charge in [-0.1, -0.05) is 54.6 Å². The van der Waals surface area contributed by atoms with Gasteiger partial charge in [-0.3, -0.25) is 34.2 Å². The largest absolute Gasteiger partial charge is 0.480 e. The summed E-state index contributed by atoms with van der Waals surface area (Å²) in [6.45, 7) is -0.324. The summed E-state index contributed by atoms with van der Waals surface area (Å²) >= 11 is 0. The molecule has 2 fully saturated rings. The van der Waals surface area contributed by atoms with E-state index in [9.17, 15) is 60.3 Å². The van der Waals surface area contributed by atoms with Crippen LogP contribution in [0.4, 0.5) is 5.69 Å². The molecule has 0 aromatic heterocycles. The summed E-state index contributed by atoms with van der Waals surface area (Å²) in [6, 6.07) is 23.6. The van der Waals surface area contributed by atoms with E-state index in [1.807, 2.05) is 0 Å². The molecule has 0 radical (unpaired) electrons. The summed E-state index contributed by atoms with van der Waals surface area (Å²) in [5.74, 6) is -5.37. The Morgan fingerprint density at radius 1 is 0.658 bits per heavy atom. The first-order chi connectivity index (χ1) is 36.1. The van der Waals surface area contributed by atoms with Crippen molar-refractivity contribution in [3.8, 4) is 0 Å². The fourth-order valence-corrected chi connectivity index (χ4v) is 11.6. The third-order valence-electron chi connectivity index (χ3n) is 12.2. The van der Waals surface area contributed by atoms with Gasteiger partial charge in [0.05, 0.1) is 35.8 Å². The van der Waals surface area contributed by atoms with Crippen molar-refractivity contribution in [2.45, 2.75) is 91.7 Å². The minimum Gasteiger partial charge on any atom is -0.480 e. The zero-order valence-corrected chi connectivity index (χ0v) is 43.1. The molecule has 2 aliphatic heterocycles. The molecule has 6 rings (SSSR count). The number of nitrogens with one attached hydrogen (secondary N) is 5. The molecule has 4 aromatic rings. The van der Waals surface area contributed by atoms with Gasteiger partial charge in [-0.25, -0.2) is 26.4 Å². The van der Waals surface area contributed by atoms with Crippen LogP contribution < -0.4 is 32.7 Å². The van der Waals surface area contributed by atoms with Crippen LogP contribution in [0.1, 0.15) is 77.6 Å². The molecule has 10 N–H and O–H groups in total. The van der Waals surface area contributed by atoms with Crippen molar-refractivity contribution in [3.05, 3.63) is 126 Å². The number of esters is 1.